The van der Waals surface area contributed by atoms with Gasteiger partial charge in [-0.05, 0) is 24.0 Å². The fraction of sp³-hybridized carbons (Fsp3) is 0.400. The van der Waals surface area contributed by atoms with Crippen LogP contribution in [0.25, 0.3) is 0 Å². The Kier molecular flexibility index (Phi) is 4.99. The van der Waals surface area contributed by atoms with Gasteiger partial charge < -0.3 is 14.4 Å². The number of carbonyl (C=O) groups is 1. The molecule has 0 saturated carbocycles. The molecule has 0 N–H and O–H groups in total. The highest BCUT2D eigenvalue weighted by molar-refractivity contribution is 5.81. The molecule has 3 heterocycles. The number of aromatic nitrogens is 2. The predicted molar refractivity (Wildman–Crippen MR) is 95.7 cm³/mol. The molecule has 7 heteroatoms. The van der Waals surface area contributed by atoms with Crippen molar-refractivity contribution in [1.29, 1.82) is 5.26 Å². The topological polar surface area (TPSA) is 88.3 Å². The first-order valence-electron chi connectivity index (χ1n) is 9.09. The van der Waals surface area contributed by atoms with E-state index in [4.69, 9.17) is 14.7 Å². The molecule has 2 unspecified atom stereocenters. The third-order valence-electron chi connectivity index (χ3n) is 4.98. The number of amides is 1. The van der Waals surface area contributed by atoms with Gasteiger partial charge in [-0.2, -0.15) is 5.26 Å². The highest BCUT2D eigenvalue weighted by Gasteiger charge is 2.33. The molecule has 2 aromatic rings. The second kappa shape index (κ2) is 7.72. The fourth-order valence-electron chi connectivity index (χ4n) is 3.59. The number of rotatable bonds is 3. The molecule has 2 aliphatic heterocycles. The molecule has 4 rings (SSSR count). The molecule has 0 spiro atoms. The van der Waals surface area contributed by atoms with Crippen molar-refractivity contribution in [3.63, 3.8) is 0 Å². The highest BCUT2D eigenvalue weighted by Crippen LogP contribution is 2.24. The van der Waals surface area contributed by atoms with Crippen LogP contribution >= 0.6 is 0 Å². The minimum atomic E-state index is -0.454. The van der Waals surface area contributed by atoms with Gasteiger partial charge in [-0.1, -0.05) is 24.3 Å². The molecule has 2 atom stereocenters. The zero-order valence-electron chi connectivity index (χ0n) is 14.9. The summed E-state index contributed by atoms with van der Waals surface area (Å²) in [6.07, 6.45) is 4.53. The van der Waals surface area contributed by atoms with Crippen LogP contribution < -0.4 is 4.74 Å². The van der Waals surface area contributed by atoms with E-state index in [0.717, 1.165) is 18.4 Å². The molecular weight excluding hydrogens is 344 g/mol. The van der Waals surface area contributed by atoms with E-state index >= 15 is 0 Å². The van der Waals surface area contributed by atoms with Crippen molar-refractivity contribution in [2.45, 2.75) is 38.1 Å². The maximum atomic E-state index is 12.9. The van der Waals surface area contributed by atoms with Crippen LogP contribution in [0.15, 0.2) is 36.7 Å². The summed E-state index contributed by atoms with van der Waals surface area (Å²) < 4.78 is 11.7. The number of hydrogen-bond acceptors (Lipinski definition) is 6. The molecule has 7 nitrogen and oxygen atoms in total. The Bertz CT molecular complexity index is 880. The van der Waals surface area contributed by atoms with E-state index in [1.807, 2.05) is 24.3 Å². The average molecular weight is 364 g/mol. The van der Waals surface area contributed by atoms with E-state index in [0.29, 0.717) is 26.1 Å². The zero-order valence-corrected chi connectivity index (χ0v) is 14.9. The number of nitrogens with zero attached hydrogens (tertiary/aromatic N) is 4. The first-order valence-corrected chi connectivity index (χ1v) is 9.09. The normalized spacial score (nSPS) is 21.8. The van der Waals surface area contributed by atoms with E-state index in [1.165, 1.54) is 18.0 Å². The monoisotopic (exact) mass is 364 g/mol. The molecule has 0 radical (unpaired) electrons. The molecule has 1 amide bonds. The number of hydrogen-bond donors (Lipinski definition) is 0. The standard InChI is InChI=1S/C20H20N4O3/c21-11-17-19(23-8-7-22-17)27-16-6-3-9-24(12-16)20(25)18-10-14-4-1-2-5-15(14)13-26-18/h1-2,4-5,7-8,16,18H,3,6,9-10,12-13H2. The van der Waals surface area contributed by atoms with Crippen LogP contribution in [0.4, 0.5) is 0 Å². The first-order chi connectivity index (χ1) is 13.2. The lowest BCUT2D eigenvalue weighted by Gasteiger charge is -2.35. The molecule has 27 heavy (non-hydrogen) atoms. The number of ether oxygens (including phenoxy) is 2. The molecule has 0 aliphatic carbocycles. The predicted octanol–water partition coefficient (Wildman–Crippen LogP) is 1.86. The van der Waals surface area contributed by atoms with Crippen molar-refractivity contribution < 1.29 is 14.3 Å². The highest BCUT2D eigenvalue weighted by atomic mass is 16.5. The summed E-state index contributed by atoms with van der Waals surface area (Å²) in [5.74, 6) is 0.222. The molecule has 1 saturated heterocycles. The Morgan fingerprint density at radius 1 is 1.26 bits per heavy atom. The van der Waals surface area contributed by atoms with E-state index in [1.54, 1.807) is 4.90 Å². The third kappa shape index (κ3) is 3.76. The Morgan fingerprint density at radius 2 is 2.07 bits per heavy atom. The van der Waals surface area contributed by atoms with Crippen LogP contribution in [-0.2, 0) is 22.6 Å². The molecule has 1 fully saturated rings. The Morgan fingerprint density at radius 3 is 2.93 bits per heavy atom. The van der Waals surface area contributed by atoms with Crippen molar-refractivity contribution in [1.82, 2.24) is 14.9 Å². The van der Waals surface area contributed by atoms with E-state index < -0.39 is 6.10 Å². The first kappa shape index (κ1) is 17.4. The SMILES string of the molecule is N#Cc1nccnc1OC1CCCN(C(=O)C2Cc3ccccc3CO2)C1. The van der Waals surface area contributed by atoms with Gasteiger partial charge in [0, 0.05) is 25.4 Å². The minimum absolute atomic E-state index is 0.00236. The molecule has 0 bridgehead atoms. The van der Waals surface area contributed by atoms with Gasteiger partial charge in [0.05, 0.1) is 13.2 Å². The fourth-order valence-corrected chi connectivity index (χ4v) is 3.59. The van der Waals surface area contributed by atoms with Crippen LogP contribution in [0, 0.1) is 11.3 Å². The summed E-state index contributed by atoms with van der Waals surface area (Å²) in [6.45, 7) is 1.61. The number of piperidine rings is 1. The van der Waals surface area contributed by atoms with Crippen LogP contribution in [0.3, 0.4) is 0 Å². The van der Waals surface area contributed by atoms with Crippen molar-refractivity contribution >= 4 is 5.91 Å². The van der Waals surface area contributed by atoms with Gasteiger partial charge in [0.2, 0.25) is 5.69 Å². The van der Waals surface area contributed by atoms with E-state index in [9.17, 15) is 4.79 Å². The van der Waals surface area contributed by atoms with Gasteiger partial charge in [-0.25, -0.2) is 9.97 Å². The quantitative estimate of drug-likeness (QED) is 0.826. The summed E-state index contributed by atoms with van der Waals surface area (Å²) in [5.41, 5.74) is 2.48. The number of fused-ring (bicyclic) bond motifs is 1. The summed E-state index contributed by atoms with van der Waals surface area (Å²) in [7, 11) is 0. The largest absolute Gasteiger partial charge is 0.470 e. The third-order valence-corrected chi connectivity index (χ3v) is 4.98. The lowest BCUT2D eigenvalue weighted by atomic mass is 9.98. The lowest BCUT2D eigenvalue weighted by Crippen LogP contribution is -2.50. The van der Waals surface area contributed by atoms with Crippen LogP contribution in [-0.4, -0.2) is 46.1 Å². The number of benzene rings is 1. The Labute approximate surface area is 157 Å². The molecule has 1 aromatic carbocycles. The smallest absolute Gasteiger partial charge is 0.252 e. The molecular formula is C20H20N4O3. The Hall–Kier alpha value is -2.98. The van der Waals surface area contributed by atoms with Gasteiger partial charge in [0.15, 0.2) is 0 Å². The van der Waals surface area contributed by atoms with Crippen molar-refractivity contribution in [3.8, 4) is 11.9 Å². The average Bonchev–Trinajstić information content (AvgIpc) is 2.73. The van der Waals surface area contributed by atoms with Gasteiger partial charge in [0.1, 0.15) is 18.3 Å². The second-order valence-corrected chi connectivity index (χ2v) is 6.76. The Balaban J connectivity index is 1.41. The van der Waals surface area contributed by atoms with Crippen LogP contribution in [0.2, 0.25) is 0 Å². The minimum Gasteiger partial charge on any atom is -0.470 e. The van der Waals surface area contributed by atoms with Crippen molar-refractivity contribution in [2.24, 2.45) is 0 Å². The summed E-state index contributed by atoms with van der Waals surface area (Å²) in [6, 6.07) is 10.0. The summed E-state index contributed by atoms with van der Waals surface area (Å²) in [4.78, 5) is 22.8. The summed E-state index contributed by atoms with van der Waals surface area (Å²) in [5, 5.41) is 9.12. The second-order valence-electron chi connectivity index (χ2n) is 6.76. The molecule has 2 aliphatic rings. The number of nitriles is 1. The van der Waals surface area contributed by atoms with Crippen LogP contribution in [0.5, 0.6) is 5.88 Å². The van der Waals surface area contributed by atoms with E-state index in [2.05, 4.69) is 16.0 Å². The number of likely N-dealkylation sites (tertiary alicyclic amines) is 1. The number of carbonyl (C=O) groups excluding carboxylic acids is 1. The van der Waals surface area contributed by atoms with E-state index in [-0.39, 0.29) is 23.6 Å². The van der Waals surface area contributed by atoms with Crippen LogP contribution in [0.1, 0.15) is 29.7 Å². The van der Waals surface area contributed by atoms with Gasteiger partial charge >= 0.3 is 0 Å². The maximum Gasteiger partial charge on any atom is 0.252 e. The zero-order chi connectivity index (χ0) is 18.6. The lowest BCUT2D eigenvalue weighted by molar-refractivity contribution is -0.148. The van der Waals surface area contributed by atoms with Crippen molar-refractivity contribution in [3.05, 3.63) is 53.5 Å². The van der Waals surface area contributed by atoms with Gasteiger partial charge in [-0.3, -0.25) is 4.79 Å². The molecule has 1 aromatic heterocycles. The van der Waals surface area contributed by atoms with Gasteiger partial charge in [-0.15, -0.1) is 0 Å². The molecule has 138 valence electrons. The maximum absolute atomic E-state index is 12.9. The van der Waals surface area contributed by atoms with Crippen molar-refractivity contribution in [2.75, 3.05) is 13.1 Å². The summed E-state index contributed by atoms with van der Waals surface area (Å²) >= 11 is 0. The van der Waals surface area contributed by atoms with Gasteiger partial charge in [0.25, 0.3) is 11.8 Å².